The lowest BCUT2D eigenvalue weighted by Crippen LogP contribution is -2.48. The summed E-state index contributed by atoms with van der Waals surface area (Å²) >= 11 is 0. The molecule has 0 saturated carbocycles. The van der Waals surface area contributed by atoms with Crippen molar-refractivity contribution in [2.45, 2.75) is 18.6 Å². The molecule has 0 radical (unpaired) electrons. The van der Waals surface area contributed by atoms with Gasteiger partial charge in [-0.15, -0.1) is 0 Å². The molecule has 40 heavy (non-hydrogen) atoms. The number of rotatable bonds is 4. The third-order valence-corrected chi connectivity index (χ3v) is 8.38. The fourth-order valence-corrected chi connectivity index (χ4v) is 6.69. The fourth-order valence-electron chi connectivity index (χ4n) is 6.69. The smallest absolute Gasteiger partial charge is 0.262 e. The number of carbonyl (C=O) groups is 1. The van der Waals surface area contributed by atoms with Crippen molar-refractivity contribution in [3.8, 4) is 11.3 Å². The highest BCUT2D eigenvalue weighted by Gasteiger charge is 2.56. The summed E-state index contributed by atoms with van der Waals surface area (Å²) in [6.07, 6.45) is 0. The molecule has 1 unspecified atom stereocenters. The van der Waals surface area contributed by atoms with Crippen molar-refractivity contribution in [1.82, 2.24) is 4.57 Å². The summed E-state index contributed by atoms with van der Waals surface area (Å²) in [5.41, 5.74) is 8.57. The lowest BCUT2D eigenvalue weighted by atomic mass is 9.78. The summed E-state index contributed by atoms with van der Waals surface area (Å²) in [7, 11) is 0. The van der Waals surface area contributed by atoms with E-state index in [2.05, 4.69) is 107 Å². The molecule has 4 nitrogen and oxygen atoms in total. The first-order valence-electron chi connectivity index (χ1n) is 13.7. The van der Waals surface area contributed by atoms with Gasteiger partial charge in [-0.2, -0.15) is 0 Å². The van der Waals surface area contributed by atoms with Gasteiger partial charge >= 0.3 is 0 Å². The molecular weight excluding hydrogens is 490 g/mol. The molecule has 1 amide bonds. The van der Waals surface area contributed by atoms with E-state index >= 15 is 0 Å². The summed E-state index contributed by atoms with van der Waals surface area (Å²) < 4.78 is 2.40. The van der Waals surface area contributed by atoms with Gasteiger partial charge < -0.3 is 14.8 Å². The molecule has 1 aromatic heterocycles. The van der Waals surface area contributed by atoms with Crippen LogP contribution in [-0.2, 0) is 23.4 Å². The third-order valence-electron chi connectivity index (χ3n) is 8.38. The van der Waals surface area contributed by atoms with Crippen LogP contribution in [0.25, 0.3) is 22.2 Å². The van der Waals surface area contributed by atoms with Gasteiger partial charge in [-0.3, -0.25) is 4.79 Å². The number of anilines is 2. The Hall–Kier alpha value is -5.09. The number of nitrogens with zero attached hydrogens (tertiary/aromatic N) is 2. The number of hydrogen-bond donors (Lipinski definition) is 1. The Balaban J connectivity index is 1.43. The first kappa shape index (κ1) is 22.9. The third kappa shape index (κ3) is 3.16. The Morgan fingerprint density at radius 1 is 0.625 bits per heavy atom. The fraction of sp³-hybridized carbons (Fsp3) is 0.0833. The normalized spacial score (nSPS) is 17.0. The van der Waals surface area contributed by atoms with E-state index in [0.29, 0.717) is 13.1 Å². The molecule has 1 spiro atoms. The molecule has 0 bridgehead atoms. The van der Waals surface area contributed by atoms with Crippen molar-refractivity contribution in [2.24, 2.45) is 0 Å². The minimum absolute atomic E-state index is 0.0518. The van der Waals surface area contributed by atoms with Crippen LogP contribution in [0.15, 0.2) is 133 Å². The number of carbonyl (C=O) groups excluding carboxylic acids is 1. The second kappa shape index (κ2) is 8.72. The van der Waals surface area contributed by atoms with Crippen molar-refractivity contribution in [2.75, 3.05) is 10.2 Å². The van der Waals surface area contributed by atoms with Crippen molar-refractivity contribution >= 4 is 28.2 Å². The van der Waals surface area contributed by atoms with Crippen LogP contribution in [0.1, 0.15) is 22.3 Å². The highest BCUT2D eigenvalue weighted by molar-refractivity contribution is 6.17. The topological polar surface area (TPSA) is 37.3 Å². The average Bonchev–Trinajstić information content (AvgIpc) is 3.45. The SMILES string of the molecule is O=C1N(Cc2ccccc2)c2ccccc2C12Nc1ccccc1-c1c2c2ccccc2n1Cc1ccccc1. The minimum atomic E-state index is -1.05. The zero-order valence-corrected chi connectivity index (χ0v) is 21.9. The molecule has 4 heteroatoms. The molecule has 2 aliphatic rings. The van der Waals surface area contributed by atoms with E-state index in [1.54, 1.807) is 0 Å². The molecule has 192 valence electrons. The Morgan fingerprint density at radius 3 is 2.05 bits per heavy atom. The number of hydrogen-bond acceptors (Lipinski definition) is 2. The number of amides is 1. The van der Waals surface area contributed by atoms with Crippen LogP contribution in [0.2, 0.25) is 0 Å². The molecule has 1 atom stereocenters. The number of fused-ring (bicyclic) bond motifs is 8. The van der Waals surface area contributed by atoms with Gasteiger partial charge in [-0.1, -0.05) is 115 Å². The largest absolute Gasteiger partial charge is 0.363 e. The molecule has 1 N–H and O–H groups in total. The van der Waals surface area contributed by atoms with Crippen LogP contribution in [-0.4, -0.2) is 10.5 Å². The highest BCUT2D eigenvalue weighted by Crippen LogP contribution is 2.56. The number of aromatic nitrogens is 1. The minimum Gasteiger partial charge on any atom is -0.363 e. The molecule has 3 heterocycles. The van der Waals surface area contributed by atoms with Crippen LogP contribution in [0, 0.1) is 0 Å². The molecule has 2 aliphatic heterocycles. The van der Waals surface area contributed by atoms with Crippen LogP contribution < -0.4 is 10.2 Å². The standard InChI is InChI=1S/C36H27N3O/c40-35-36(29-19-9-12-22-32(29)39(35)24-26-15-5-2-6-16-26)33-28-18-8-11-21-31(28)38(23-25-13-3-1-4-14-25)34(33)27-17-7-10-20-30(27)37-36/h1-22,37H,23-24H2. The lowest BCUT2D eigenvalue weighted by molar-refractivity contribution is -0.121. The zero-order valence-electron chi connectivity index (χ0n) is 21.9. The Labute approximate surface area is 233 Å². The van der Waals surface area contributed by atoms with Crippen LogP contribution in [0.4, 0.5) is 11.4 Å². The summed E-state index contributed by atoms with van der Waals surface area (Å²) in [5, 5.41) is 4.91. The zero-order chi connectivity index (χ0) is 26.7. The maximum absolute atomic E-state index is 15.0. The van der Waals surface area contributed by atoms with Gasteiger partial charge in [-0.25, -0.2) is 0 Å². The molecule has 0 fully saturated rings. The van der Waals surface area contributed by atoms with E-state index in [9.17, 15) is 4.79 Å². The molecule has 6 aromatic rings. The van der Waals surface area contributed by atoms with Gasteiger partial charge in [-0.05, 0) is 29.3 Å². The van der Waals surface area contributed by atoms with E-state index in [4.69, 9.17) is 0 Å². The second-order valence-electron chi connectivity index (χ2n) is 10.6. The lowest BCUT2D eigenvalue weighted by Gasteiger charge is -2.37. The van der Waals surface area contributed by atoms with Crippen molar-refractivity contribution in [3.05, 3.63) is 156 Å². The number of para-hydroxylation sites is 3. The Bertz CT molecular complexity index is 1910. The summed E-state index contributed by atoms with van der Waals surface area (Å²) in [6.45, 7) is 1.23. The monoisotopic (exact) mass is 517 g/mol. The van der Waals surface area contributed by atoms with Gasteiger partial charge in [0.05, 0.1) is 17.9 Å². The van der Waals surface area contributed by atoms with E-state index in [1.165, 1.54) is 5.56 Å². The van der Waals surface area contributed by atoms with E-state index in [0.717, 1.165) is 50.2 Å². The molecule has 8 rings (SSSR count). The first-order chi connectivity index (χ1) is 19.8. The quantitative estimate of drug-likeness (QED) is 0.262. The summed E-state index contributed by atoms with van der Waals surface area (Å²) in [5.74, 6) is 0.0518. The second-order valence-corrected chi connectivity index (χ2v) is 10.6. The molecule has 5 aromatic carbocycles. The van der Waals surface area contributed by atoms with Crippen molar-refractivity contribution < 1.29 is 4.79 Å². The summed E-state index contributed by atoms with van der Waals surface area (Å²) in [6, 6.07) is 46.0. The molecule has 0 aliphatic carbocycles. The van der Waals surface area contributed by atoms with Gasteiger partial charge in [0.25, 0.3) is 5.91 Å². The number of benzene rings is 5. The van der Waals surface area contributed by atoms with Gasteiger partial charge in [0.1, 0.15) is 0 Å². The Kier molecular flexibility index (Phi) is 4.98. The van der Waals surface area contributed by atoms with Crippen LogP contribution >= 0.6 is 0 Å². The predicted molar refractivity (Wildman–Crippen MR) is 161 cm³/mol. The maximum atomic E-state index is 15.0. The molecular formula is C36H27N3O. The first-order valence-corrected chi connectivity index (χ1v) is 13.7. The van der Waals surface area contributed by atoms with Gasteiger partial charge in [0.15, 0.2) is 5.54 Å². The Morgan fingerprint density at radius 2 is 1.25 bits per heavy atom. The number of nitrogens with one attached hydrogen (secondary N) is 1. The van der Waals surface area contributed by atoms with Gasteiger partial charge in [0.2, 0.25) is 0 Å². The van der Waals surface area contributed by atoms with Crippen molar-refractivity contribution in [1.29, 1.82) is 0 Å². The van der Waals surface area contributed by atoms with E-state index in [1.807, 2.05) is 41.3 Å². The van der Waals surface area contributed by atoms with E-state index < -0.39 is 5.54 Å². The van der Waals surface area contributed by atoms with Gasteiger partial charge in [0, 0.05) is 39.8 Å². The summed E-state index contributed by atoms with van der Waals surface area (Å²) in [4.78, 5) is 16.9. The molecule has 0 saturated heterocycles. The van der Waals surface area contributed by atoms with Crippen LogP contribution in [0.3, 0.4) is 0 Å². The van der Waals surface area contributed by atoms with Crippen molar-refractivity contribution in [3.63, 3.8) is 0 Å². The van der Waals surface area contributed by atoms with Crippen LogP contribution in [0.5, 0.6) is 0 Å². The predicted octanol–water partition coefficient (Wildman–Crippen LogP) is 7.57. The highest BCUT2D eigenvalue weighted by atomic mass is 16.2. The average molecular weight is 518 g/mol. The van der Waals surface area contributed by atoms with E-state index in [-0.39, 0.29) is 5.91 Å². The maximum Gasteiger partial charge on any atom is 0.262 e.